The molecule has 1 rings (SSSR count). The van der Waals surface area contributed by atoms with E-state index in [2.05, 4.69) is 0 Å². The molecule has 0 fully saturated rings. The lowest BCUT2D eigenvalue weighted by atomic mass is 10.0. The zero-order valence-electron chi connectivity index (χ0n) is 8.53. The van der Waals surface area contributed by atoms with Crippen LogP contribution in [-0.2, 0) is 0 Å². The zero-order valence-corrected chi connectivity index (χ0v) is 9.35. The summed E-state index contributed by atoms with van der Waals surface area (Å²) in [6.45, 7) is 1.81. The molecule has 6 heteroatoms. The number of aryl methyl sites for hydroxylation is 1. The van der Waals surface area contributed by atoms with Crippen molar-refractivity contribution in [3.8, 4) is 0 Å². The number of rotatable bonds is 2. The second-order valence-corrected chi connectivity index (χ2v) is 3.42. The maximum absolute atomic E-state index is 12.1. The van der Waals surface area contributed by atoms with Crippen molar-refractivity contribution in [3.05, 3.63) is 35.4 Å². The first-order chi connectivity index (χ1) is 6.82. The molecule has 0 bridgehead atoms. The predicted octanol–water partition coefficient (Wildman–Crippen LogP) is 2.34. The fourth-order valence-corrected chi connectivity index (χ4v) is 1.17. The summed E-state index contributed by atoms with van der Waals surface area (Å²) >= 11 is 0. The Morgan fingerprint density at radius 3 is 2.00 bits per heavy atom. The number of hydrogen-bond acceptors (Lipinski definition) is 2. The first-order valence-corrected chi connectivity index (χ1v) is 4.39. The highest BCUT2D eigenvalue weighted by Crippen LogP contribution is 2.28. The molecule has 92 valence electrons. The highest BCUT2D eigenvalue weighted by atomic mass is 35.5. The second kappa shape index (κ2) is 5.52. The maximum atomic E-state index is 12.1. The lowest BCUT2D eigenvalue weighted by molar-refractivity contribution is -0.210. The lowest BCUT2D eigenvalue weighted by Crippen LogP contribution is -2.38. The fourth-order valence-electron chi connectivity index (χ4n) is 1.17. The van der Waals surface area contributed by atoms with E-state index in [1.54, 1.807) is 12.1 Å². The van der Waals surface area contributed by atoms with Crippen LogP contribution in [0, 0.1) is 6.92 Å². The molecular formula is C10H13ClF3NO. The molecule has 0 amide bonds. The van der Waals surface area contributed by atoms with Crippen LogP contribution in [0.25, 0.3) is 0 Å². The number of alkyl halides is 3. The molecule has 0 radical (unpaired) electrons. The van der Waals surface area contributed by atoms with Gasteiger partial charge in [0.1, 0.15) is 0 Å². The average Bonchev–Trinajstić information content (AvgIpc) is 2.15. The maximum Gasteiger partial charge on any atom is 0.416 e. The summed E-state index contributed by atoms with van der Waals surface area (Å²) in [7, 11) is 0. The Bertz CT molecular complexity index is 326. The summed E-state index contributed by atoms with van der Waals surface area (Å²) in [5.41, 5.74) is 6.50. The predicted molar refractivity (Wildman–Crippen MR) is 57.4 cm³/mol. The van der Waals surface area contributed by atoms with Crippen molar-refractivity contribution in [3.63, 3.8) is 0 Å². The Labute approximate surface area is 97.7 Å². The van der Waals surface area contributed by atoms with E-state index >= 15 is 0 Å². The number of aliphatic hydroxyl groups excluding tert-OH is 1. The standard InChI is InChI=1S/C10H12F3NO.ClH/c1-6-2-4-7(5-3-6)8(14)9(15)10(11,12)13;/h2-5,8-9,15H,14H2,1H3;1H/t8-,9-;/m1./s1. The Morgan fingerprint density at radius 2 is 1.62 bits per heavy atom. The van der Waals surface area contributed by atoms with Gasteiger partial charge in [-0.3, -0.25) is 0 Å². The highest BCUT2D eigenvalue weighted by Gasteiger charge is 2.42. The average molecular weight is 256 g/mol. The molecule has 2 nitrogen and oxygen atoms in total. The van der Waals surface area contributed by atoms with Crippen LogP contribution in [0.2, 0.25) is 0 Å². The number of aliphatic hydroxyl groups is 1. The third-order valence-electron chi connectivity index (χ3n) is 2.14. The molecule has 0 saturated heterocycles. The molecule has 3 N–H and O–H groups in total. The molecule has 0 unspecified atom stereocenters. The van der Waals surface area contributed by atoms with Gasteiger partial charge >= 0.3 is 6.18 Å². The van der Waals surface area contributed by atoms with Crippen LogP contribution < -0.4 is 5.73 Å². The van der Waals surface area contributed by atoms with Gasteiger partial charge in [-0.05, 0) is 12.5 Å². The Balaban J connectivity index is 0.00000225. The van der Waals surface area contributed by atoms with E-state index in [1.807, 2.05) is 6.92 Å². The van der Waals surface area contributed by atoms with Crippen molar-refractivity contribution in [1.82, 2.24) is 0 Å². The van der Waals surface area contributed by atoms with Gasteiger partial charge in [0.25, 0.3) is 0 Å². The topological polar surface area (TPSA) is 46.2 Å². The quantitative estimate of drug-likeness (QED) is 0.852. The van der Waals surface area contributed by atoms with Crippen molar-refractivity contribution in [2.45, 2.75) is 25.2 Å². The van der Waals surface area contributed by atoms with Gasteiger partial charge in [-0.25, -0.2) is 0 Å². The largest absolute Gasteiger partial charge is 0.416 e. The molecule has 0 aliphatic heterocycles. The monoisotopic (exact) mass is 255 g/mol. The normalized spacial score (nSPS) is 15.1. The van der Waals surface area contributed by atoms with Crippen LogP contribution in [0.1, 0.15) is 17.2 Å². The molecule has 0 aromatic heterocycles. The molecule has 0 spiro atoms. The number of nitrogens with two attached hydrogens (primary N) is 1. The molecule has 1 aromatic rings. The third kappa shape index (κ3) is 3.66. The van der Waals surface area contributed by atoms with Crippen LogP contribution in [0.5, 0.6) is 0 Å². The van der Waals surface area contributed by atoms with Crippen molar-refractivity contribution < 1.29 is 18.3 Å². The Hall–Kier alpha value is -0.780. The van der Waals surface area contributed by atoms with Crippen LogP contribution in [0.4, 0.5) is 13.2 Å². The summed E-state index contributed by atoms with van der Waals surface area (Å²) in [6, 6.07) is 4.83. The molecule has 2 atom stereocenters. The van der Waals surface area contributed by atoms with Crippen LogP contribution in [0.3, 0.4) is 0 Å². The van der Waals surface area contributed by atoms with Gasteiger partial charge in [-0.15, -0.1) is 12.4 Å². The molecule has 0 saturated carbocycles. The lowest BCUT2D eigenvalue weighted by Gasteiger charge is -2.21. The summed E-state index contributed by atoms with van der Waals surface area (Å²) < 4.78 is 36.4. The Morgan fingerprint density at radius 1 is 1.19 bits per heavy atom. The fraction of sp³-hybridized carbons (Fsp3) is 0.400. The van der Waals surface area contributed by atoms with Crippen LogP contribution >= 0.6 is 12.4 Å². The van der Waals surface area contributed by atoms with E-state index in [4.69, 9.17) is 10.8 Å². The van der Waals surface area contributed by atoms with Crippen molar-refractivity contribution in [1.29, 1.82) is 0 Å². The zero-order chi connectivity index (χ0) is 11.6. The van der Waals surface area contributed by atoms with Crippen LogP contribution in [-0.4, -0.2) is 17.4 Å². The third-order valence-corrected chi connectivity index (χ3v) is 2.14. The SMILES string of the molecule is Cc1ccc([C@@H](N)[C@@H](O)C(F)(F)F)cc1.Cl. The van der Waals surface area contributed by atoms with Crippen LogP contribution in [0.15, 0.2) is 24.3 Å². The van der Waals surface area contributed by atoms with E-state index in [0.29, 0.717) is 0 Å². The summed E-state index contributed by atoms with van der Waals surface area (Å²) in [6.07, 6.45) is -7.22. The molecule has 1 aromatic carbocycles. The molecule has 0 aliphatic carbocycles. The van der Waals surface area contributed by atoms with Crippen molar-refractivity contribution >= 4 is 12.4 Å². The molecule has 16 heavy (non-hydrogen) atoms. The van der Waals surface area contributed by atoms with Gasteiger partial charge in [0.2, 0.25) is 0 Å². The molecular weight excluding hydrogens is 243 g/mol. The first-order valence-electron chi connectivity index (χ1n) is 4.39. The molecule has 0 heterocycles. The van der Waals surface area contributed by atoms with Gasteiger partial charge < -0.3 is 10.8 Å². The number of halogens is 4. The minimum absolute atomic E-state index is 0. The smallest absolute Gasteiger partial charge is 0.382 e. The number of benzene rings is 1. The van der Waals surface area contributed by atoms with E-state index in [1.165, 1.54) is 12.1 Å². The van der Waals surface area contributed by atoms with Crippen molar-refractivity contribution in [2.75, 3.05) is 0 Å². The summed E-state index contributed by atoms with van der Waals surface area (Å²) in [5, 5.41) is 8.93. The highest BCUT2D eigenvalue weighted by molar-refractivity contribution is 5.85. The minimum Gasteiger partial charge on any atom is -0.382 e. The van der Waals surface area contributed by atoms with Gasteiger partial charge in [0, 0.05) is 0 Å². The van der Waals surface area contributed by atoms with E-state index in [-0.39, 0.29) is 18.0 Å². The molecule has 0 aliphatic rings. The minimum atomic E-state index is -4.69. The van der Waals surface area contributed by atoms with Gasteiger partial charge in [-0.1, -0.05) is 29.8 Å². The van der Waals surface area contributed by atoms with Gasteiger partial charge in [0.15, 0.2) is 6.10 Å². The summed E-state index contributed by atoms with van der Waals surface area (Å²) in [5.74, 6) is 0. The summed E-state index contributed by atoms with van der Waals surface area (Å²) in [4.78, 5) is 0. The van der Waals surface area contributed by atoms with Gasteiger partial charge in [0.05, 0.1) is 6.04 Å². The first kappa shape index (κ1) is 15.2. The van der Waals surface area contributed by atoms with E-state index < -0.39 is 18.3 Å². The van der Waals surface area contributed by atoms with Gasteiger partial charge in [-0.2, -0.15) is 13.2 Å². The Kier molecular flexibility index (Phi) is 5.25. The number of hydrogen-bond donors (Lipinski definition) is 2. The van der Waals surface area contributed by atoms with E-state index in [0.717, 1.165) is 5.56 Å². The van der Waals surface area contributed by atoms with E-state index in [9.17, 15) is 13.2 Å². The van der Waals surface area contributed by atoms with Crippen molar-refractivity contribution in [2.24, 2.45) is 5.73 Å². The second-order valence-electron chi connectivity index (χ2n) is 3.42.